The van der Waals surface area contributed by atoms with Crippen molar-refractivity contribution < 1.29 is 47.4 Å². The Hall–Kier alpha value is -2.60. The maximum Gasteiger partial charge on any atom is 0.123 e. The van der Waals surface area contributed by atoms with Crippen LogP contribution in [0, 0.1) is 0 Å². The number of fused-ring (bicyclic) bond motifs is 4. The fraction of sp³-hybridized carbons (Fsp3) is 0.625. The highest BCUT2D eigenvalue weighted by Crippen LogP contribution is 2.51. The Labute approximate surface area is 248 Å². The molecule has 2 atom stereocenters. The zero-order chi connectivity index (χ0) is 28.7. The average molecular weight is 589 g/mol. The highest BCUT2D eigenvalue weighted by atomic mass is 16.6. The zero-order valence-electron chi connectivity index (χ0n) is 24.4. The van der Waals surface area contributed by atoms with Crippen LogP contribution in [0.2, 0.25) is 0 Å². The smallest absolute Gasteiger partial charge is 0.123 e. The molecule has 5 rings (SSSR count). The third kappa shape index (κ3) is 10.00. The van der Waals surface area contributed by atoms with Crippen LogP contribution in [0.1, 0.15) is 35.8 Å². The Balaban J connectivity index is 1.39. The van der Waals surface area contributed by atoms with E-state index in [-0.39, 0.29) is 0 Å². The molecule has 232 valence electrons. The minimum atomic E-state index is 0.315. The monoisotopic (exact) mass is 588 g/mol. The van der Waals surface area contributed by atoms with Gasteiger partial charge in [-0.15, -0.1) is 0 Å². The van der Waals surface area contributed by atoms with Crippen molar-refractivity contribution in [1.29, 1.82) is 0 Å². The zero-order valence-corrected chi connectivity index (χ0v) is 24.4. The van der Waals surface area contributed by atoms with Gasteiger partial charge in [-0.3, -0.25) is 0 Å². The third-order valence-corrected chi connectivity index (χ3v) is 7.41. The van der Waals surface area contributed by atoms with Gasteiger partial charge in [-0.25, -0.2) is 0 Å². The van der Waals surface area contributed by atoms with Gasteiger partial charge in [0.25, 0.3) is 0 Å². The summed E-state index contributed by atoms with van der Waals surface area (Å²) in [6, 6.07) is 12.4. The van der Waals surface area contributed by atoms with Crippen LogP contribution in [0.3, 0.4) is 0 Å². The Bertz CT molecular complexity index is 916. The van der Waals surface area contributed by atoms with Crippen LogP contribution in [-0.4, -0.2) is 106 Å². The molecule has 42 heavy (non-hydrogen) atoms. The first kappa shape index (κ1) is 30.8. The molecular formula is C32H44O10. The first-order chi connectivity index (χ1) is 20.8. The average Bonchev–Trinajstić information content (AvgIpc) is 2.96. The van der Waals surface area contributed by atoms with Crippen molar-refractivity contribution in [3.05, 3.63) is 47.5 Å². The van der Waals surface area contributed by atoms with E-state index in [4.69, 9.17) is 47.4 Å². The van der Waals surface area contributed by atoms with Crippen molar-refractivity contribution in [2.45, 2.75) is 24.7 Å². The van der Waals surface area contributed by atoms with E-state index in [1.807, 2.05) is 12.1 Å². The van der Waals surface area contributed by atoms with Crippen LogP contribution in [-0.2, 0) is 28.4 Å². The molecule has 6 bridgehead atoms. The molecule has 10 nitrogen and oxygen atoms in total. The number of hydrogen-bond donors (Lipinski definition) is 0. The summed E-state index contributed by atoms with van der Waals surface area (Å²) in [5, 5.41) is 0. The highest BCUT2D eigenvalue weighted by molar-refractivity contribution is 5.46. The van der Waals surface area contributed by atoms with Crippen LogP contribution in [0.4, 0.5) is 0 Å². The summed E-state index contributed by atoms with van der Waals surface area (Å²) in [5.41, 5.74) is 2.38. The Kier molecular flexibility index (Phi) is 12.9. The van der Waals surface area contributed by atoms with E-state index < -0.39 is 0 Å². The quantitative estimate of drug-likeness (QED) is 0.450. The van der Waals surface area contributed by atoms with Crippen molar-refractivity contribution in [3.63, 3.8) is 0 Å². The fourth-order valence-corrected chi connectivity index (χ4v) is 5.20. The minimum absolute atomic E-state index is 0.315. The van der Waals surface area contributed by atoms with E-state index in [1.165, 1.54) is 11.1 Å². The van der Waals surface area contributed by atoms with E-state index >= 15 is 0 Å². The molecule has 2 unspecified atom stereocenters. The lowest BCUT2D eigenvalue weighted by molar-refractivity contribution is 0.00434. The van der Waals surface area contributed by atoms with Gasteiger partial charge in [-0.05, 0) is 60.1 Å². The molecule has 2 aromatic rings. The van der Waals surface area contributed by atoms with Crippen LogP contribution in [0.15, 0.2) is 36.4 Å². The molecule has 10 heteroatoms. The molecule has 2 heterocycles. The number of ether oxygens (including phenoxy) is 10. The summed E-state index contributed by atoms with van der Waals surface area (Å²) in [5.74, 6) is 3.70. The van der Waals surface area contributed by atoms with Crippen LogP contribution < -0.4 is 18.9 Å². The van der Waals surface area contributed by atoms with Gasteiger partial charge in [0.1, 0.15) is 49.4 Å². The van der Waals surface area contributed by atoms with Crippen molar-refractivity contribution in [1.82, 2.24) is 0 Å². The van der Waals surface area contributed by atoms with Crippen LogP contribution in [0.25, 0.3) is 0 Å². The summed E-state index contributed by atoms with van der Waals surface area (Å²) in [7, 11) is 0. The second-order valence-corrected chi connectivity index (χ2v) is 10.3. The van der Waals surface area contributed by atoms with Gasteiger partial charge in [0.05, 0.1) is 79.3 Å². The van der Waals surface area contributed by atoms with Crippen molar-refractivity contribution >= 4 is 0 Å². The second-order valence-electron chi connectivity index (χ2n) is 10.3. The molecule has 2 aliphatic heterocycles. The topological polar surface area (TPSA) is 92.3 Å². The van der Waals surface area contributed by atoms with Crippen LogP contribution >= 0.6 is 0 Å². The molecule has 3 aliphatic rings. The van der Waals surface area contributed by atoms with Crippen molar-refractivity contribution in [3.8, 4) is 23.0 Å². The number of benzene rings is 2. The second kappa shape index (κ2) is 17.5. The predicted octanol–water partition coefficient (Wildman–Crippen LogP) is 3.99. The first-order valence-electron chi connectivity index (χ1n) is 15.1. The van der Waals surface area contributed by atoms with E-state index in [1.54, 1.807) is 0 Å². The maximum absolute atomic E-state index is 6.11. The molecule has 1 fully saturated rings. The molecule has 0 amide bonds. The molecule has 1 saturated carbocycles. The summed E-state index contributed by atoms with van der Waals surface area (Å²) in [6.45, 7) is 7.67. The fourth-order valence-electron chi connectivity index (χ4n) is 5.20. The lowest BCUT2D eigenvalue weighted by Gasteiger charge is -2.38. The first-order valence-corrected chi connectivity index (χ1v) is 15.1. The minimum Gasteiger partial charge on any atom is -0.491 e. The van der Waals surface area contributed by atoms with Gasteiger partial charge in [0.15, 0.2) is 0 Å². The Morgan fingerprint density at radius 1 is 0.310 bits per heavy atom. The van der Waals surface area contributed by atoms with Gasteiger partial charge >= 0.3 is 0 Å². The molecule has 0 N–H and O–H groups in total. The Morgan fingerprint density at radius 3 is 0.786 bits per heavy atom. The molecule has 0 radical (unpaired) electrons. The molecule has 0 spiro atoms. The highest BCUT2D eigenvalue weighted by Gasteiger charge is 2.34. The SMILES string of the molecule is c1c2cc3cc1OCCOCCOCCOCCOc1cc(cc(c1)C1CCC31)OCCOCCOCCOCCO2. The van der Waals surface area contributed by atoms with E-state index in [0.717, 1.165) is 35.8 Å². The van der Waals surface area contributed by atoms with E-state index in [9.17, 15) is 0 Å². The van der Waals surface area contributed by atoms with E-state index in [2.05, 4.69) is 24.3 Å². The standard InChI is InChI=1S/C32H44O10/c1-2-32-26-21-29-24-30(22-26)42-18-14-38-10-6-34-4-8-36-12-16-40-28-20-25(31(1)32)19-27(23-28)39-15-11-35-7-3-33-5-9-37-13-17-41-29/h19-24,31-32H,1-18H2. The molecule has 0 saturated heterocycles. The largest absolute Gasteiger partial charge is 0.491 e. The molecule has 0 aromatic heterocycles. The Morgan fingerprint density at radius 2 is 0.548 bits per heavy atom. The van der Waals surface area contributed by atoms with Gasteiger partial charge < -0.3 is 47.4 Å². The summed E-state index contributed by atoms with van der Waals surface area (Å²) in [6.07, 6.45) is 2.14. The molecular weight excluding hydrogens is 544 g/mol. The maximum atomic E-state index is 6.11. The normalized spacial score (nSPS) is 24.1. The van der Waals surface area contributed by atoms with Gasteiger partial charge in [-0.1, -0.05) is 0 Å². The van der Waals surface area contributed by atoms with Gasteiger partial charge in [0, 0.05) is 12.1 Å². The molecule has 2 aromatic carbocycles. The third-order valence-electron chi connectivity index (χ3n) is 7.41. The molecule has 1 aliphatic carbocycles. The summed E-state index contributed by atoms with van der Waals surface area (Å²) >= 11 is 0. The predicted molar refractivity (Wildman–Crippen MR) is 154 cm³/mol. The van der Waals surface area contributed by atoms with Gasteiger partial charge in [0.2, 0.25) is 0 Å². The van der Waals surface area contributed by atoms with Gasteiger partial charge in [-0.2, -0.15) is 0 Å². The number of rotatable bonds is 0. The summed E-state index contributed by atoms with van der Waals surface area (Å²) < 4.78 is 58.4. The van der Waals surface area contributed by atoms with E-state index in [0.29, 0.717) is 118 Å². The lowest BCUT2D eigenvalue weighted by atomic mass is 9.67. The van der Waals surface area contributed by atoms with Crippen molar-refractivity contribution in [2.75, 3.05) is 106 Å². The lowest BCUT2D eigenvalue weighted by Crippen LogP contribution is -2.22. The summed E-state index contributed by atoms with van der Waals surface area (Å²) in [4.78, 5) is 0. The van der Waals surface area contributed by atoms with Crippen LogP contribution in [0.5, 0.6) is 23.0 Å². The number of hydrogen-bond acceptors (Lipinski definition) is 10. The van der Waals surface area contributed by atoms with Crippen molar-refractivity contribution in [2.24, 2.45) is 0 Å².